The van der Waals surface area contributed by atoms with Gasteiger partial charge in [0.25, 0.3) is 0 Å². The van der Waals surface area contributed by atoms with E-state index in [-0.39, 0.29) is 25.3 Å². The Morgan fingerprint density at radius 2 is 1.09 bits per heavy atom. The summed E-state index contributed by atoms with van der Waals surface area (Å²) in [6.07, 6.45) is 23.8. The van der Waals surface area contributed by atoms with E-state index >= 15 is 0 Å². The van der Waals surface area contributed by atoms with E-state index in [1.54, 1.807) is 0 Å². The molecule has 0 unspecified atom stereocenters. The SMILES string of the molecule is CCCCCCCCCC/C=C\CCCCCCCC(=O)[O-].[Li+]. The maximum Gasteiger partial charge on any atom is 1.00 e. The average molecular weight is 316 g/mol. The van der Waals surface area contributed by atoms with Crippen molar-refractivity contribution in [1.29, 1.82) is 0 Å². The summed E-state index contributed by atoms with van der Waals surface area (Å²) < 4.78 is 0. The van der Waals surface area contributed by atoms with Gasteiger partial charge in [-0.1, -0.05) is 83.3 Å². The first-order valence-electron chi connectivity index (χ1n) is 9.62. The molecule has 0 heterocycles. The van der Waals surface area contributed by atoms with Crippen LogP contribution in [0.2, 0.25) is 0 Å². The van der Waals surface area contributed by atoms with Crippen LogP contribution >= 0.6 is 0 Å². The van der Waals surface area contributed by atoms with Gasteiger partial charge in [0.2, 0.25) is 0 Å². The van der Waals surface area contributed by atoms with E-state index in [0.717, 1.165) is 19.3 Å². The fraction of sp³-hybridized carbons (Fsp3) is 0.850. The van der Waals surface area contributed by atoms with Gasteiger partial charge in [-0.05, 0) is 38.5 Å². The smallest absolute Gasteiger partial charge is 0.550 e. The van der Waals surface area contributed by atoms with Crippen LogP contribution in [0.5, 0.6) is 0 Å². The Bertz CT molecular complexity index is 264. The predicted molar refractivity (Wildman–Crippen MR) is 93.7 cm³/mol. The molecule has 0 aromatic carbocycles. The molecule has 0 radical (unpaired) electrons. The van der Waals surface area contributed by atoms with Crippen molar-refractivity contribution in [2.45, 2.75) is 110 Å². The van der Waals surface area contributed by atoms with Crippen LogP contribution in [-0.4, -0.2) is 5.97 Å². The number of carboxylic acids is 1. The molecule has 130 valence electrons. The molecular weight excluding hydrogens is 279 g/mol. The van der Waals surface area contributed by atoms with Crippen LogP contribution in [0.25, 0.3) is 0 Å². The van der Waals surface area contributed by atoms with Crippen molar-refractivity contribution in [3.63, 3.8) is 0 Å². The summed E-state index contributed by atoms with van der Waals surface area (Å²) in [4.78, 5) is 10.2. The molecule has 0 N–H and O–H groups in total. The maximum atomic E-state index is 10.2. The number of unbranched alkanes of at least 4 members (excludes halogenated alkanes) is 13. The van der Waals surface area contributed by atoms with Crippen molar-refractivity contribution in [3.05, 3.63) is 12.2 Å². The Hall–Kier alpha value is -0.193. The van der Waals surface area contributed by atoms with Crippen LogP contribution in [0.15, 0.2) is 12.2 Å². The first kappa shape index (κ1) is 25.1. The van der Waals surface area contributed by atoms with E-state index in [0.29, 0.717) is 0 Å². The van der Waals surface area contributed by atoms with Crippen LogP contribution in [-0.2, 0) is 4.79 Å². The van der Waals surface area contributed by atoms with Crippen molar-refractivity contribution < 1.29 is 28.8 Å². The number of rotatable bonds is 17. The molecule has 0 aromatic heterocycles. The Balaban J connectivity index is 0. The summed E-state index contributed by atoms with van der Waals surface area (Å²) in [5.41, 5.74) is 0. The summed E-state index contributed by atoms with van der Waals surface area (Å²) >= 11 is 0. The van der Waals surface area contributed by atoms with Crippen molar-refractivity contribution >= 4 is 5.97 Å². The van der Waals surface area contributed by atoms with E-state index < -0.39 is 5.97 Å². The second kappa shape index (κ2) is 21.8. The molecule has 0 aliphatic carbocycles. The molecule has 3 heteroatoms. The van der Waals surface area contributed by atoms with Gasteiger partial charge in [-0.3, -0.25) is 0 Å². The largest absolute Gasteiger partial charge is 1.00 e. The molecule has 0 aliphatic rings. The van der Waals surface area contributed by atoms with Gasteiger partial charge in [-0.2, -0.15) is 0 Å². The minimum Gasteiger partial charge on any atom is -0.550 e. The normalized spacial score (nSPS) is 10.8. The molecule has 0 rings (SSSR count). The quantitative estimate of drug-likeness (QED) is 0.235. The minimum absolute atomic E-state index is 0. The van der Waals surface area contributed by atoms with Crippen LogP contribution < -0.4 is 24.0 Å². The fourth-order valence-electron chi connectivity index (χ4n) is 2.69. The fourth-order valence-corrected chi connectivity index (χ4v) is 2.69. The Kier molecular flexibility index (Phi) is 23.8. The Labute approximate surface area is 156 Å². The molecule has 2 nitrogen and oxygen atoms in total. The summed E-state index contributed by atoms with van der Waals surface area (Å²) in [6, 6.07) is 0. The van der Waals surface area contributed by atoms with Crippen LogP contribution in [0.1, 0.15) is 110 Å². The van der Waals surface area contributed by atoms with Crippen LogP contribution in [0.4, 0.5) is 0 Å². The third-order valence-corrected chi connectivity index (χ3v) is 4.14. The minimum atomic E-state index is -0.913. The van der Waals surface area contributed by atoms with Gasteiger partial charge in [-0.15, -0.1) is 0 Å². The van der Waals surface area contributed by atoms with Crippen molar-refractivity contribution in [2.75, 3.05) is 0 Å². The first-order valence-corrected chi connectivity index (χ1v) is 9.62. The molecule has 0 fully saturated rings. The molecule has 0 atom stereocenters. The number of carboxylic acid groups (broad SMARTS) is 1. The van der Waals surface area contributed by atoms with Gasteiger partial charge in [0, 0.05) is 5.97 Å². The van der Waals surface area contributed by atoms with E-state index in [4.69, 9.17) is 0 Å². The van der Waals surface area contributed by atoms with E-state index in [1.807, 2.05) is 0 Å². The number of hydrogen-bond donors (Lipinski definition) is 0. The first-order chi connectivity index (χ1) is 10.8. The summed E-state index contributed by atoms with van der Waals surface area (Å²) in [6.45, 7) is 2.27. The number of hydrogen-bond acceptors (Lipinski definition) is 2. The number of carbonyl (C=O) groups is 1. The molecular formula is C20H37LiO2. The van der Waals surface area contributed by atoms with Gasteiger partial charge in [0.05, 0.1) is 0 Å². The van der Waals surface area contributed by atoms with E-state index in [9.17, 15) is 9.90 Å². The molecule has 0 aliphatic heterocycles. The standard InChI is InChI=1S/C20H38O2.Li/c1-2-3-4-5-6-7-8-9-10-11-12-13-14-15-16-17-18-19-20(21)22;/h11-12H,2-10,13-19H2,1H3,(H,21,22);/q;+1/p-1/b12-11-;. The molecule has 0 bridgehead atoms. The molecule has 0 spiro atoms. The van der Waals surface area contributed by atoms with Crippen LogP contribution in [0.3, 0.4) is 0 Å². The van der Waals surface area contributed by atoms with Crippen LogP contribution in [0, 0.1) is 0 Å². The summed E-state index contributed by atoms with van der Waals surface area (Å²) in [5, 5.41) is 10.2. The van der Waals surface area contributed by atoms with E-state index in [2.05, 4.69) is 19.1 Å². The van der Waals surface area contributed by atoms with Crippen molar-refractivity contribution in [3.8, 4) is 0 Å². The molecule has 0 saturated heterocycles. The zero-order valence-electron chi connectivity index (χ0n) is 15.8. The van der Waals surface area contributed by atoms with Gasteiger partial charge >= 0.3 is 18.9 Å². The molecule has 0 saturated carbocycles. The molecule has 0 amide bonds. The topological polar surface area (TPSA) is 40.1 Å². The predicted octanol–water partition coefficient (Wildman–Crippen LogP) is 2.56. The van der Waals surface area contributed by atoms with Gasteiger partial charge in [-0.25, -0.2) is 0 Å². The number of aliphatic carboxylic acids is 1. The second-order valence-corrected chi connectivity index (χ2v) is 6.41. The summed E-state index contributed by atoms with van der Waals surface area (Å²) in [5.74, 6) is -0.913. The number of allylic oxidation sites excluding steroid dienone is 2. The molecule has 0 aromatic rings. The monoisotopic (exact) mass is 316 g/mol. The third kappa shape index (κ3) is 24.2. The Morgan fingerprint density at radius 3 is 1.52 bits per heavy atom. The van der Waals surface area contributed by atoms with Gasteiger partial charge in [0.15, 0.2) is 0 Å². The third-order valence-electron chi connectivity index (χ3n) is 4.14. The Morgan fingerprint density at radius 1 is 0.696 bits per heavy atom. The zero-order valence-corrected chi connectivity index (χ0v) is 15.8. The summed E-state index contributed by atoms with van der Waals surface area (Å²) in [7, 11) is 0. The number of carbonyl (C=O) groups excluding carboxylic acids is 1. The van der Waals surface area contributed by atoms with Gasteiger partial charge < -0.3 is 9.90 Å². The molecule has 23 heavy (non-hydrogen) atoms. The average Bonchev–Trinajstić information content (AvgIpc) is 2.50. The zero-order chi connectivity index (χ0) is 16.3. The van der Waals surface area contributed by atoms with E-state index in [1.165, 1.54) is 77.0 Å². The van der Waals surface area contributed by atoms with Gasteiger partial charge in [0.1, 0.15) is 0 Å². The van der Waals surface area contributed by atoms with Crippen molar-refractivity contribution in [1.82, 2.24) is 0 Å². The van der Waals surface area contributed by atoms with Crippen molar-refractivity contribution in [2.24, 2.45) is 0 Å². The maximum absolute atomic E-state index is 10.2. The second-order valence-electron chi connectivity index (χ2n) is 6.41.